The lowest BCUT2D eigenvalue weighted by atomic mass is 10.0. The van der Waals surface area contributed by atoms with Gasteiger partial charge in [-0.3, -0.25) is 9.59 Å². The van der Waals surface area contributed by atoms with Crippen molar-refractivity contribution in [2.75, 3.05) is 33.0 Å². The number of morpholine rings is 1. The summed E-state index contributed by atoms with van der Waals surface area (Å²) >= 11 is 0. The normalized spacial score (nSPS) is 16.2. The third-order valence-electron chi connectivity index (χ3n) is 4.77. The molecule has 1 aliphatic heterocycles. The minimum absolute atomic E-state index is 0.234. The van der Waals surface area contributed by atoms with Gasteiger partial charge in [0.2, 0.25) is 0 Å². The van der Waals surface area contributed by atoms with Gasteiger partial charge in [0.15, 0.2) is 6.29 Å². The molecule has 1 atom stereocenters. The van der Waals surface area contributed by atoms with Gasteiger partial charge in [-0.1, -0.05) is 36.9 Å². The number of carbonyl (C=O) groups excluding carboxylic acids is 2. The first kappa shape index (κ1) is 20.6. The van der Waals surface area contributed by atoms with Crippen molar-refractivity contribution in [1.82, 2.24) is 4.90 Å². The molecule has 0 bridgehead atoms. The Balaban J connectivity index is 1.81. The van der Waals surface area contributed by atoms with E-state index >= 15 is 0 Å². The standard InChI is InChI=1S/C23H25NO5/c1-3-17-8-5-6-10-21(17)29-16-18-15-27-13-12-24(18)23(26)19-9-7-11-22(28-4-2)20(19)14-25/h3,5-11,14,18H,1,4,12-13,15-16H2,2H3. The summed E-state index contributed by atoms with van der Waals surface area (Å²) in [5.41, 5.74) is 1.47. The van der Waals surface area contributed by atoms with Gasteiger partial charge in [0.05, 0.1) is 37.0 Å². The SMILES string of the molecule is C=Cc1ccccc1OCC1COCCN1C(=O)c1cccc(OCC)c1C=O. The molecule has 0 N–H and O–H groups in total. The van der Waals surface area contributed by atoms with E-state index in [9.17, 15) is 9.59 Å². The van der Waals surface area contributed by atoms with Crippen LogP contribution in [-0.4, -0.2) is 56.1 Å². The molecular formula is C23H25NO5. The van der Waals surface area contributed by atoms with Crippen molar-refractivity contribution >= 4 is 18.3 Å². The van der Waals surface area contributed by atoms with Crippen molar-refractivity contribution < 1.29 is 23.8 Å². The lowest BCUT2D eigenvalue weighted by molar-refractivity contribution is -0.0151. The molecule has 1 saturated heterocycles. The Hall–Kier alpha value is -3.12. The molecular weight excluding hydrogens is 370 g/mol. The highest BCUT2D eigenvalue weighted by molar-refractivity contribution is 6.03. The van der Waals surface area contributed by atoms with Crippen LogP contribution in [0.4, 0.5) is 0 Å². The zero-order valence-electron chi connectivity index (χ0n) is 16.5. The van der Waals surface area contributed by atoms with Crippen molar-refractivity contribution in [3.05, 3.63) is 65.7 Å². The summed E-state index contributed by atoms with van der Waals surface area (Å²) in [4.78, 5) is 26.6. The topological polar surface area (TPSA) is 65.1 Å². The molecule has 1 fully saturated rings. The van der Waals surface area contributed by atoms with Gasteiger partial charge in [-0.05, 0) is 25.1 Å². The molecule has 1 unspecified atom stereocenters. The van der Waals surface area contributed by atoms with E-state index in [0.717, 1.165) is 5.56 Å². The number of para-hydroxylation sites is 1. The quantitative estimate of drug-likeness (QED) is 0.641. The van der Waals surface area contributed by atoms with E-state index in [1.165, 1.54) is 0 Å². The van der Waals surface area contributed by atoms with E-state index in [2.05, 4.69) is 6.58 Å². The smallest absolute Gasteiger partial charge is 0.255 e. The van der Waals surface area contributed by atoms with Crippen LogP contribution in [0.25, 0.3) is 6.08 Å². The maximum absolute atomic E-state index is 13.3. The van der Waals surface area contributed by atoms with E-state index < -0.39 is 0 Å². The molecule has 0 aliphatic carbocycles. The number of amides is 1. The molecule has 6 nitrogen and oxygen atoms in total. The molecule has 0 saturated carbocycles. The number of benzene rings is 2. The second-order valence-corrected chi connectivity index (χ2v) is 6.55. The number of carbonyl (C=O) groups is 2. The van der Waals surface area contributed by atoms with Crippen molar-refractivity contribution in [1.29, 1.82) is 0 Å². The maximum atomic E-state index is 13.3. The van der Waals surface area contributed by atoms with E-state index in [4.69, 9.17) is 14.2 Å². The minimum Gasteiger partial charge on any atom is -0.493 e. The molecule has 29 heavy (non-hydrogen) atoms. The van der Waals surface area contributed by atoms with E-state index in [0.29, 0.717) is 49.7 Å². The summed E-state index contributed by atoms with van der Waals surface area (Å²) in [6, 6.07) is 12.4. The van der Waals surface area contributed by atoms with Crippen LogP contribution in [0.5, 0.6) is 11.5 Å². The molecule has 2 aromatic rings. The van der Waals surface area contributed by atoms with Crippen molar-refractivity contribution in [3.63, 3.8) is 0 Å². The van der Waals surface area contributed by atoms with Gasteiger partial charge < -0.3 is 19.1 Å². The Kier molecular flexibility index (Phi) is 7.03. The van der Waals surface area contributed by atoms with Crippen LogP contribution in [0.15, 0.2) is 49.0 Å². The van der Waals surface area contributed by atoms with Gasteiger partial charge in [0.1, 0.15) is 18.1 Å². The molecule has 6 heteroatoms. The highest BCUT2D eigenvalue weighted by atomic mass is 16.5. The average molecular weight is 395 g/mol. The summed E-state index contributed by atoms with van der Waals surface area (Å²) in [6.45, 7) is 7.54. The summed E-state index contributed by atoms with van der Waals surface area (Å²) in [7, 11) is 0. The zero-order valence-corrected chi connectivity index (χ0v) is 16.5. The fourth-order valence-electron chi connectivity index (χ4n) is 3.32. The van der Waals surface area contributed by atoms with Crippen molar-refractivity contribution in [3.8, 4) is 11.5 Å². The molecule has 0 spiro atoms. The van der Waals surface area contributed by atoms with Crippen molar-refractivity contribution in [2.24, 2.45) is 0 Å². The molecule has 1 aliphatic rings. The van der Waals surface area contributed by atoms with E-state index in [1.807, 2.05) is 31.2 Å². The van der Waals surface area contributed by atoms with Gasteiger partial charge in [-0.15, -0.1) is 0 Å². The summed E-state index contributed by atoms with van der Waals surface area (Å²) < 4.78 is 17.0. The zero-order chi connectivity index (χ0) is 20.6. The van der Waals surface area contributed by atoms with Crippen LogP contribution in [0.1, 0.15) is 33.2 Å². The Morgan fingerprint density at radius 2 is 2.00 bits per heavy atom. The third kappa shape index (κ3) is 4.66. The number of hydrogen-bond donors (Lipinski definition) is 0. The third-order valence-corrected chi connectivity index (χ3v) is 4.77. The van der Waals surface area contributed by atoms with Crippen LogP contribution in [0, 0.1) is 0 Å². The molecule has 2 aromatic carbocycles. The fourth-order valence-corrected chi connectivity index (χ4v) is 3.32. The molecule has 0 radical (unpaired) electrons. The van der Waals surface area contributed by atoms with Gasteiger partial charge in [-0.2, -0.15) is 0 Å². The van der Waals surface area contributed by atoms with Gasteiger partial charge >= 0.3 is 0 Å². The molecule has 1 heterocycles. The van der Waals surface area contributed by atoms with Gasteiger partial charge in [0.25, 0.3) is 5.91 Å². The highest BCUT2D eigenvalue weighted by Gasteiger charge is 2.30. The van der Waals surface area contributed by atoms with E-state index in [-0.39, 0.29) is 24.1 Å². The van der Waals surface area contributed by atoms with Crippen molar-refractivity contribution in [2.45, 2.75) is 13.0 Å². The predicted molar refractivity (Wildman–Crippen MR) is 111 cm³/mol. The number of aldehydes is 1. The molecule has 152 valence electrons. The lowest BCUT2D eigenvalue weighted by Crippen LogP contribution is -2.51. The predicted octanol–water partition coefficient (Wildman–Crippen LogP) is 3.46. The number of hydrogen-bond acceptors (Lipinski definition) is 5. The lowest BCUT2D eigenvalue weighted by Gasteiger charge is -2.35. The summed E-state index contributed by atoms with van der Waals surface area (Å²) in [6.07, 6.45) is 2.40. The first-order valence-corrected chi connectivity index (χ1v) is 9.63. The maximum Gasteiger partial charge on any atom is 0.255 e. The highest BCUT2D eigenvalue weighted by Crippen LogP contribution is 2.24. The average Bonchev–Trinajstić information content (AvgIpc) is 2.77. The Labute approximate surface area is 170 Å². The largest absolute Gasteiger partial charge is 0.493 e. The first-order valence-electron chi connectivity index (χ1n) is 9.63. The monoisotopic (exact) mass is 395 g/mol. The number of ether oxygens (including phenoxy) is 3. The fraction of sp³-hybridized carbons (Fsp3) is 0.304. The van der Waals surface area contributed by atoms with Crippen LogP contribution in [-0.2, 0) is 4.74 Å². The second kappa shape index (κ2) is 9.89. The number of rotatable bonds is 8. The minimum atomic E-state index is -0.274. The summed E-state index contributed by atoms with van der Waals surface area (Å²) in [5.74, 6) is 0.879. The summed E-state index contributed by atoms with van der Waals surface area (Å²) in [5, 5.41) is 0. The molecule has 1 amide bonds. The van der Waals surface area contributed by atoms with Gasteiger partial charge in [0, 0.05) is 12.1 Å². The number of nitrogens with zero attached hydrogens (tertiary/aromatic N) is 1. The molecule has 3 rings (SSSR count). The Bertz CT molecular complexity index is 879. The van der Waals surface area contributed by atoms with Crippen LogP contribution in [0.2, 0.25) is 0 Å². The van der Waals surface area contributed by atoms with E-state index in [1.54, 1.807) is 29.2 Å². The first-order chi connectivity index (χ1) is 14.2. The van der Waals surface area contributed by atoms with Crippen LogP contribution >= 0.6 is 0 Å². The Morgan fingerprint density at radius 3 is 2.76 bits per heavy atom. The second-order valence-electron chi connectivity index (χ2n) is 6.55. The van der Waals surface area contributed by atoms with Gasteiger partial charge in [-0.25, -0.2) is 0 Å². The Morgan fingerprint density at radius 1 is 1.21 bits per heavy atom. The van der Waals surface area contributed by atoms with Crippen LogP contribution < -0.4 is 9.47 Å². The molecule has 0 aromatic heterocycles. The van der Waals surface area contributed by atoms with Crippen LogP contribution in [0.3, 0.4) is 0 Å².